The topological polar surface area (TPSA) is 95.1 Å². The van der Waals surface area contributed by atoms with Crippen LogP contribution in [-0.2, 0) is 22.5 Å². The van der Waals surface area contributed by atoms with Crippen molar-refractivity contribution < 1.29 is 14.3 Å². The zero-order valence-corrected chi connectivity index (χ0v) is 20.6. The van der Waals surface area contributed by atoms with Crippen LogP contribution in [0.1, 0.15) is 38.8 Å². The molecule has 30 heavy (non-hydrogen) atoms. The SMILES string of the molecule is CCNC(=NCC(=O)N1CCc2ccccc2C1)NCCNC(=O)OC(C)(C)C.I. The van der Waals surface area contributed by atoms with Gasteiger partial charge in [-0.1, -0.05) is 24.3 Å². The van der Waals surface area contributed by atoms with Gasteiger partial charge < -0.3 is 25.6 Å². The van der Waals surface area contributed by atoms with Crippen LogP contribution in [0.5, 0.6) is 0 Å². The van der Waals surface area contributed by atoms with Crippen LogP contribution in [0.3, 0.4) is 0 Å². The van der Waals surface area contributed by atoms with Gasteiger partial charge in [-0.2, -0.15) is 0 Å². The minimum atomic E-state index is -0.525. The van der Waals surface area contributed by atoms with Crippen LogP contribution in [-0.4, -0.2) is 61.2 Å². The van der Waals surface area contributed by atoms with Crippen LogP contribution in [0.4, 0.5) is 4.79 Å². The first-order valence-corrected chi connectivity index (χ1v) is 10.1. The Kier molecular flexibility index (Phi) is 10.9. The maximum Gasteiger partial charge on any atom is 0.407 e. The molecule has 2 rings (SSSR count). The van der Waals surface area contributed by atoms with Gasteiger partial charge in [-0.3, -0.25) is 4.79 Å². The van der Waals surface area contributed by atoms with Crippen LogP contribution in [0.15, 0.2) is 29.3 Å². The number of hydrogen-bond donors (Lipinski definition) is 3. The summed E-state index contributed by atoms with van der Waals surface area (Å²) < 4.78 is 5.19. The molecule has 1 heterocycles. The Balaban J connectivity index is 0.00000450. The fraction of sp³-hybridized carbons (Fsp3) is 0.571. The molecule has 1 aromatic rings. The number of carbonyl (C=O) groups excluding carboxylic acids is 2. The van der Waals surface area contributed by atoms with E-state index < -0.39 is 11.7 Å². The van der Waals surface area contributed by atoms with E-state index in [1.54, 1.807) is 0 Å². The van der Waals surface area contributed by atoms with Crippen LogP contribution in [0.25, 0.3) is 0 Å². The monoisotopic (exact) mass is 531 g/mol. The second-order valence-corrected chi connectivity index (χ2v) is 7.88. The maximum atomic E-state index is 12.6. The normalized spacial score (nSPS) is 13.6. The van der Waals surface area contributed by atoms with Gasteiger partial charge in [0.25, 0.3) is 0 Å². The van der Waals surface area contributed by atoms with Crippen molar-refractivity contribution in [2.45, 2.75) is 46.3 Å². The van der Waals surface area contributed by atoms with E-state index in [4.69, 9.17) is 4.74 Å². The van der Waals surface area contributed by atoms with Gasteiger partial charge in [0.15, 0.2) is 5.96 Å². The number of benzene rings is 1. The molecule has 0 aromatic heterocycles. The van der Waals surface area contributed by atoms with Crippen molar-refractivity contribution in [2.75, 3.05) is 32.7 Å². The molecule has 0 fully saturated rings. The van der Waals surface area contributed by atoms with Crippen molar-refractivity contribution >= 4 is 41.9 Å². The first-order valence-electron chi connectivity index (χ1n) is 10.1. The van der Waals surface area contributed by atoms with E-state index >= 15 is 0 Å². The molecular weight excluding hydrogens is 497 g/mol. The zero-order valence-electron chi connectivity index (χ0n) is 18.3. The Labute approximate surface area is 196 Å². The number of hydrogen-bond acceptors (Lipinski definition) is 4. The Bertz CT molecular complexity index is 734. The molecule has 9 heteroatoms. The van der Waals surface area contributed by atoms with Gasteiger partial charge in [0.05, 0.1) is 0 Å². The number of nitrogens with one attached hydrogen (secondary N) is 3. The van der Waals surface area contributed by atoms with Crippen molar-refractivity contribution in [2.24, 2.45) is 4.99 Å². The molecule has 8 nitrogen and oxygen atoms in total. The summed E-state index contributed by atoms with van der Waals surface area (Å²) in [5, 5.41) is 8.90. The van der Waals surface area contributed by atoms with Crippen molar-refractivity contribution in [1.29, 1.82) is 0 Å². The van der Waals surface area contributed by atoms with Crippen LogP contribution < -0.4 is 16.0 Å². The molecule has 3 N–H and O–H groups in total. The Morgan fingerprint density at radius 3 is 2.43 bits per heavy atom. The highest BCUT2D eigenvalue weighted by Gasteiger charge is 2.20. The van der Waals surface area contributed by atoms with Crippen molar-refractivity contribution in [3.63, 3.8) is 0 Å². The van der Waals surface area contributed by atoms with Crippen molar-refractivity contribution in [3.8, 4) is 0 Å². The predicted octanol–water partition coefficient (Wildman–Crippen LogP) is 2.27. The molecule has 0 saturated heterocycles. The second-order valence-electron chi connectivity index (χ2n) is 7.88. The summed E-state index contributed by atoms with van der Waals surface area (Å²) in [4.78, 5) is 30.4. The number of carbonyl (C=O) groups is 2. The zero-order chi connectivity index (χ0) is 21.3. The van der Waals surface area contributed by atoms with Crippen molar-refractivity contribution in [1.82, 2.24) is 20.9 Å². The summed E-state index contributed by atoms with van der Waals surface area (Å²) in [6, 6.07) is 8.23. The average Bonchev–Trinajstić information content (AvgIpc) is 2.67. The summed E-state index contributed by atoms with van der Waals surface area (Å²) in [5.74, 6) is 0.549. The van der Waals surface area contributed by atoms with Gasteiger partial charge in [-0.25, -0.2) is 9.79 Å². The molecular formula is C21H34IN5O3. The third kappa shape index (κ3) is 9.19. The highest BCUT2D eigenvalue weighted by atomic mass is 127. The van der Waals surface area contributed by atoms with Crippen molar-refractivity contribution in [3.05, 3.63) is 35.4 Å². The standard InChI is InChI=1S/C21H33N5O3.HI/c1-5-22-19(23-11-12-24-20(28)29-21(2,3)4)25-14-18(27)26-13-10-16-8-6-7-9-17(16)15-26;/h6-9H,5,10-15H2,1-4H3,(H,24,28)(H2,22,23,25);1H. The van der Waals surface area contributed by atoms with Crippen LogP contribution in [0, 0.1) is 0 Å². The van der Waals surface area contributed by atoms with Gasteiger partial charge in [0.1, 0.15) is 12.1 Å². The maximum absolute atomic E-state index is 12.6. The molecule has 0 unspecified atom stereocenters. The van der Waals surface area contributed by atoms with E-state index in [0.29, 0.717) is 32.1 Å². The molecule has 0 spiro atoms. The summed E-state index contributed by atoms with van der Waals surface area (Å²) in [6.07, 6.45) is 0.419. The molecule has 1 aliphatic heterocycles. The number of fused-ring (bicyclic) bond motifs is 1. The summed E-state index contributed by atoms with van der Waals surface area (Å²) in [6.45, 7) is 10.4. The van der Waals surface area contributed by atoms with E-state index in [2.05, 4.69) is 33.1 Å². The largest absolute Gasteiger partial charge is 0.444 e. The van der Waals surface area contributed by atoms with Gasteiger partial charge >= 0.3 is 6.09 Å². The van der Waals surface area contributed by atoms with Gasteiger partial charge in [-0.15, -0.1) is 24.0 Å². The molecule has 1 aliphatic rings. The summed E-state index contributed by atoms with van der Waals surface area (Å²) >= 11 is 0. The molecule has 2 amide bonds. The molecule has 1 aromatic carbocycles. The summed E-state index contributed by atoms with van der Waals surface area (Å²) in [7, 11) is 0. The predicted molar refractivity (Wildman–Crippen MR) is 129 cm³/mol. The Morgan fingerprint density at radius 1 is 1.10 bits per heavy atom. The third-order valence-corrected chi connectivity index (χ3v) is 4.29. The molecule has 168 valence electrons. The number of rotatable bonds is 6. The number of ether oxygens (including phenoxy) is 1. The number of alkyl carbamates (subject to hydrolysis) is 1. The highest BCUT2D eigenvalue weighted by molar-refractivity contribution is 14.0. The fourth-order valence-electron chi connectivity index (χ4n) is 2.96. The first-order chi connectivity index (χ1) is 13.8. The van der Waals surface area contributed by atoms with Gasteiger partial charge in [0.2, 0.25) is 5.91 Å². The minimum absolute atomic E-state index is 0. The number of amides is 2. The van der Waals surface area contributed by atoms with E-state index in [1.807, 2.05) is 44.7 Å². The third-order valence-electron chi connectivity index (χ3n) is 4.29. The summed E-state index contributed by atoms with van der Waals surface area (Å²) in [5.41, 5.74) is 1.99. The lowest BCUT2D eigenvalue weighted by Gasteiger charge is -2.28. The number of nitrogens with zero attached hydrogens (tertiary/aromatic N) is 2. The van der Waals surface area contributed by atoms with Crippen LogP contribution >= 0.6 is 24.0 Å². The van der Waals surface area contributed by atoms with Gasteiger partial charge in [0, 0.05) is 32.7 Å². The molecule has 0 bridgehead atoms. The average molecular weight is 531 g/mol. The first kappa shape index (κ1) is 26.0. The Morgan fingerprint density at radius 2 is 1.77 bits per heavy atom. The minimum Gasteiger partial charge on any atom is -0.444 e. The van der Waals surface area contributed by atoms with E-state index in [0.717, 1.165) is 13.0 Å². The van der Waals surface area contributed by atoms with E-state index in [9.17, 15) is 9.59 Å². The quantitative estimate of drug-likeness (QED) is 0.227. The molecule has 0 saturated carbocycles. The lowest BCUT2D eigenvalue weighted by Crippen LogP contribution is -2.43. The number of aliphatic imine (C=N–C) groups is 1. The van der Waals surface area contributed by atoms with Crippen LogP contribution in [0.2, 0.25) is 0 Å². The lowest BCUT2D eigenvalue weighted by molar-refractivity contribution is -0.130. The lowest BCUT2D eigenvalue weighted by atomic mass is 10.00. The Hall–Kier alpha value is -2.04. The van der Waals surface area contributed by atoms with E-state index in [-0.39, 0.29) is 36.4 Å². The van der Waals surface area contributed by atoms with E-state index in [1.165, 1.54) is 11.1 Å². The molecule has 0 aliphatic carbocycles. The highest BCUT2D eigenvalue weighted by Crippen LogP contribution is 2.18. The fourth-order valence-corrected chi connectivity index (χ4v) is 2.96. The smallest absolute Gasteiger partial charge is 0.407 e. The van der Waals surface area contributed by atoms with Gasteiger partial charge in [-0.05, 0) is 45.2 Å². The molecule has 0 radical (unpaired) electrons. The molecule has 0 atom stereocenters. The second kappa shape index (κ2) is 12.6. The number of halogens is 1. The number of guanidine groups is 1.